The predicted molar refractivity (Wildman–Crippen MR) is 105 cm³/mol. The van der Waals surface area contributed by atoms with E-state index in [0.717, 1.165) is 16.0 Å². The first-order valence-electron chi connectivity index (χ1n) is 7.88. The highest BCUT2D eigenvalue weighted by Gasteiger charge is 2.33. The molecule has 0 heterocycles. The van der Waals surface area contributed by atoms with Crippen LogP contribution in [0.15, 0.2) is 52.3 Å². The average molecular weight is 399 g/mol. The summed E-state index contributed by atoms with van der Waals surface area (Å²) in [5, 5.41) is 0.593. The molecule has 6 heteroatoms. The minimum absolute atomic E-state index is 0.152. The van der Waals surface area contributed by atoms with E-state index in [1.165, 1.54) is 0 Å². The molecule has 136 valence electrons. The monoisotopic (exact) mass is 398 g/mol. The van der Waals surface area contributed by atoms with Gasteiger partial charge in [0.05, 0.1) is 9.92 Å². The lowest BCUT2D eigenvalue weighted by Gasteiger charge is -2.30. The molecule has 0 spiro atoms. The molecule has 2 rings (SSSR count). The van der Waals surface area contributed by atoms with Gasteiger partial charge in [-0.25, -0.2) is 0 Å². The maximum atomic E-state index is 12.7. The largest absolute Gasteiger partial charge is 0.297 e. The number of halogens is 1. The van der Waals surface area contributed by atoms with Crippen LogP contribution in [0.4, 0.5) is 0 Å². The van der Waals surface area contributed by atoms with Crippen molar-refractivity contribution in [1.82, 2.24) is 0 Å². The van der Waals surface area contributed by atoms with Gasteiger partial charge in [0.25, 0.3) is 10.1 Å². The quantitative estimate of drug-likeness (QED) is 0.467. The Morgan fingerprint density at radius 3 is 2.16 bits per heavy atom. The molecule has 0 fully saturated rings. The van der Waals surface area contributed by atoms with Crippen molar-refractivity contribution in [2.24, 2.45) is 5.41 Å². The number of hydrogen-bond donors (Lipinski definition) is 0. The highest BCUT2D eigenvalue weighted by molar-refractivity contribution is 7.98. The second-order valence-corrected chi connectivity index (χ2v) is 9.83. The zero-order chi connectivity index (χ0) is 18.8. The van der Waals surface area contributed by atoms with E-state index in [-0.39, 0.29) is 4.90 Å². The lowest BCUT2D eigenvalue weighted by molar-refractivity contribution is 0.0933. The normalized spacial score (nSPS) is 13.7. The molecule has 0 bridgehead atoms. The van der Waals surface area contributed by atoms with Crippen LogP contribution in [0.2, 0.25) is 5.02 Å². The van der Waals surface area contributed by atoms with Crippen LogP contribution in [-0.4, -0.2) is 14.7 Å². The lowest BCUT2D eigenvalue weighted by atomic mass is 9.85. The Morgan fingerprint density at radius 1 is 1.08 bits per heavy atom. The van der Waals surface area contributed by atoms with Crippen molar-refractivity contribution < 1.29 is 12.6 Å². The van der Waals surface area contributed by atoms with Gasteiger partial charge < -0.3 is 0 Å². The molecule has 0 saturated carbocycles. The molecule has 0 aromatic heterocycles. The fourth-order valence-corrected chi connectivity index (χ4v) is 4.54. The maximum absolute atomic E-state index is 12.7. The van der Waals surface area contributed by atoms with E-state index in [1.54, 1.807) is 42.1 Å². The molecular weight excluding hydrogens is 376 g/mol. The summed E-state index contributed by atoms with van der Waals surface area (Å²) in [5.41, 5.74) is 1.30. The van der Waals surface area contributed by atoms with Crippen LogP contribution in [0, 0.1) is 12.3 Å². The van der Waals surface area contributed by atoms with Gasteiger partial charge in [0, 0.05) is 4.90 Å². The number of hydrogen-bond acceptors (Lipinski definition) is 4. The van der Waals surface area contributed by atoms with Gasteiger partial charge in [-0.2, -0.15) is 8.42 Å². The van der Waals surface area contributed by atoms with E-state index < -0.39 is 21.6 Å². The topological polar surface area (TPSA) is 43.4 Å². The SMILES string of the molecule is CSc1ccc(C(OS(=O)(=O)c2ccc(C)cc2)C(C)(C)C)cc1Cl. The number of rotatable bonds is 5. The molecule has 0 aliphatic carbocycles. The first-order chi connectivity index (χ1) is 11.5. The van der Waals surface area contributed by atoms with E-state index in [1.807, 2.05) is 46.1 Å². The van der Waals surface area contributed by atoms with Crippen LogP contribution in [0.1, 0.15) is 38.0 Å². The van der Waals surface area contributed by atoms with Crippen molar-refractivity contribution in [2.45, 2.75) is 43.6 Å². The maximum Gasteiger partial charge on any atom is 0.297 e. The third-order valence-corrected chi connectivity index (χ3v) is 6.31. The van der Waals surface area contributed by atoms with Crippen LogP contribution >= 0.6 is 23.4 Å². The second-order valence-electron chi connectivity index (χ2n) is 7.00. The smallest absolute Gasteiger partial charge is 0.258 e. The second kappa shape index (κ2) is 7.70. The molecule has 2 aromatic carbocycles. The molecule has 1 atom stereocenters. The summed E-state index contributed by atoms with van der Waals surface area (Å²) in [6, 6.07) is 12.2. The van der Waals surface area contributed by atoms with Gasteiger partial charge in [-0.15, -0.1) is 11.8 Å². The summed E-state index contributed by atoms with van der Waals surface area (Å²) in [7, 11) is -3.88. The van der Waals surface area contributed by atoms with Gasteiger partial charge in [-0.05, 0) is 48.4 Å². The molecule has 0 radical (unpaired) electrons. The predicted octanol–water partition coefficient (Wildman–Crippen LogP) is 5.86. The van der Waals surface area contributed by atoms with Crippen LogP contribution in [0.25, 0.3) is 0 Å². The van der Waals surface area contributed by atoms with Crippen molar-refractivity contribution in [3.05, 3.63) is 58.6 Å². The minimum atomic E-state index is -3.88. The van der Waals surface area contributed by atoms with Crippen LogP contribution in [0.5, 0.6) is 0 Å². The van der Waals surface area contributed by atoms with E-state index >= 15 is 0 Å². The number of benzene rings is 2. The van der Waals surface area contributed by atoms with Crippen molar-refractivity contribution in [3.8, 4) is 0 Å². The van der Waals surface area contributed by atoms with Gasteiger partial charge in [0.1, 0.15) is 6.10 Å². The first-order valence-corrected chi connectivity index (χ1v) is 10.9. The minimum Gasteiger partial charge on any atom is -0.258 e. The standard InChI is InChI=1S/C19H23ClO3S2/c1-13-6-9-15(10-7-13)25(21,22)23-18(19(2,3)4)14-8-11-17(24-5)16(20)12-14/h6-12,18H,1-5H3. The van der Waals surface area contributed by atoms with Crippen molar-refractivity contribution in [3.63, 3.8) is 0 Å². The van der Waals surface area contributed by atoms with Gasteiger partial charge >= 0.3 is 0 Å². The van der Waals surface area contributed by atoms with Crippen molar-refractivity contribution in [2.75, 3.05) is 6.26 Å². The molecule has 0 amide bonds. The van der Waals surface area contributed by atoms with E-state index in [4.69, 9.17) is 15.8 Å². The Morgan fingerprint density at radius 2 is 1.68 bits per heavy atom. The molecule has 1 unspecified atom stereocenters. The Hall–Kier alpha value is -1.01. The highest BCUT2D eigenvalue weighted by atomic mass is 35.5. The number of aryl methyl sites for hydroxylation is 1. The summed E-state index contributed by atoms with van der Waals surface area (Å²) in [5.74, 6) is 0. The van der Waals surface area contributed by atoms with E-state index in [2.05, 4.69) is 0 Å². The highest BCUT2D eigenvalue weighted by Crippen LogP contribution is 2.40. The third-order valence-electron chi connectivity index (χ3n) is 3.80. The van der Waals surface area contributed by atoms with Crippen LogP contribution in [-0.2, 0) is 14.3 Å². The van der Waals surface area contributed by atoms with Crippen molar-refractivity contribution in [1.29, 1.82) is 0 Å². The van der Waals surface area contributed by atoms with Crippen LogP contribution < -0.4 is 0 Å². The third kappa shape index (κ3) is 5.00. The summed E-state index contributed by atoms with van der Waals surface area (Å²) < 4.78 is 31.1. The lowest BCUT2D eigenvalue weighted by Crippen LogP contribution is -2.24. The molecule has 25 heavy (non-hydrogen) atoms. The summed E-state index contributed by atoms with van der Waals surface area (Å²) in [6.07, 6.45) is 1.30. The Bertz CT molecular complexity index is 838. The zero-order valence-corrected chi connectivity index (χ0v) is 17.4. The van der Waals surface area contributed by atoms with Gasteiger partial charge in [0.15, 0.2) is 0 Å². The van der Waals surface area contributed by atoms with E-state index in [9.17, 15) is 8.42 Å². The Kier molecular flexibility index (Phi) is 6.26. The molecule has 0 aliphatic rings. The first kappa shape index (κ1) is 20.3. The number of thioether (sulfide) groups is 1. The fourth-order valence-electron chi connectivity index (χ4n) is 2.43. The molecule has 0 saturated heterocycles. The molecular formula is C19H23ClO3S2. The van der Waals surface area contributed by atoms with Crippen molar-refractivity contribution >= 4 is 33.5 Å². The van der Waals surface area contributed by atoms with Gasteiger partial charge in [0.2, 0.25) is 0 Å². The average Bonchev–Trinajstić information content (AvgIpc) is 2.52. The van der Waals surface area contributed by atoms with E-state index in [0.29, 0.717) is 5.02 Å². The Balaban J connectivity index is 2.42. The van der Waals surface area contributed by atoms with Gasteiger partial charge in [-0.3, -0.25) is 4.18 Å². The Labute approximate surface area is 159 Å². The molecule has 0 aliphatic heterocycles. The molecule has 2 aromatic rings. The summed E-state index contributed by atoms with van der Waals surface area (Å²) >= 11 is 7.85. The molecule has 0 N–H and O–H groups in total. The molecule has 3 nitrogen and oxygen atoms in total. The summed E-state index contributed by atoms with van der Waals surface area (Å²) in [6.45, 7) is 7.74. The van der Waals surface area contributed by atoms with Crippen LogP contribution in [0.3, 0.4) is 0 Å². The van der Waals surface area contributed by atoms with Gasteiger partial charge in [-0.1, -0.05) is 56.1 Å². The fraction of sp³-hybridized carbons (Fsp3) is 0.368. The summed E-state index contributed by atoms with van der Waals surface area (Å²) in [4.78, 5) is 1.10. The zero-order valence-electron chi connectivity index (χ0n) is 15.0.